The molecule has 2 heterocycles. The first-order valence-corrected chi connectivity index (χ1v) is 5.93. The van der Waals surface area contributed by atoms with Gasteiger partial charge in [-0.15, -0.1) is 5.10 Å². The minimum Gasteiger partial charge on any atom is -0.380 e. The number of hydrogen-bond donors (Lipinski definition) is 1. The zero-order chi connectivity index (χ0) is 10.5. The van der Waals surface area contributed by atoms with Crippen LogP contribution in [0.4, 0.5) is 0 Å². The predicted molar refractivity (Wildman–Crippen MR) is 56.8 cm³/mol. The first-order valence-electron chi connectivity index (χ1n) is 5.05. The Hall–Kier alpha value is -0.660. The summed E-state index contributed by atoms with van der Waals surface area (Å²) in [5, 5.41) is 16.1. The van der Waals surface area contributed by atoms with Gasteiger partial charge in [0, 0.05) is 18.4 Å². The van der Waals surface area contributed by atoms with Crippen LogP contribution in [-0.4, -0.2) is 52.3 Å². The van der Waals surface area contributed by atoms with Crippen molar-refractivity contribution in [1.29, 1.82) is 0 Å². The molecule has 0 saturated carbocycles. The molecule has 7 heteroatoms. The van der Waals surface area contributed by atoms with Gasteiger partial charge in [-0.3, -0.25) is 0 Å². The van der Waals surface area contributed by atoms with Crippen molar-refractivity contribution in [2.24, 2.45) is 0 Å². The van der Waals surface area contributed by atoms with Crippen LogP contribution in [0.25, 0.3) is 0 Å². The molecule has 1 unspecified atom stereocenters. The maximum atomic E-state index is 5.32. The van der Waals surface area contributed by atoms with Gasteiger partial charge in [-0.1, -0.05) is 11.8 Å². The Kier molecular flexibility index (Phi) is 3.93. The van der Waals surface area contributed by atoms with Gasteiger partial charge in [-0.05, 0) is 23.9 Å². The minimum absolute atomic E-state index is 0.504. The molecule has 0 radical (unpaired) electrons. The summed E-state index contributed by atoms with van der Waals surface area (Å²) in [6.45, 7) is 3.35. The fraction of sp³-hybridized carbons (Fsp3) is 0.875. The molecule has 0 spiro atoms. The van der Waals surface area contributed by atoms with Crippen molar-refractivity contribution in [3.05, 3.63) is 0 Å². The number of tetrazole rings is 1. The molecule has 0 aliphatic carbocycles. The van der Waals surface area contributed by atoms with Crippen molar-refractivity contribution in [2.45, 2.75) is 23.4 Å². The molecule has 84 valence electrons. The molecule has 1 aromatic heterocycles. The van der Waals surface area contributed by atoms with Gasteiger partial charge in [0.2, 0.25) is 5.16 Å². The molecule has 1 fully saturated rings. The number of nitrogens with one attached hydrogen (secondary N) is 1. The Morgan fingerprint density at radius 2 is 2.60 bits per heavy atom. The monoisotopic (exact) mass is 229 g/mol. The standard InChI is InChI=1S/C8H15N5OS/c1-9-3-4-13-8(10-11-12-13)15-7-2-5-14-6-7/h7,9H,2-6H2,1H3. The Bertz CT molecular complexity index is 299. The van der Waals surface area contributed by atoms with Gasteiger partial charge in [0.05, 0.1) is 13.2 Å². The summed E-state index contributed by atoms with van der Waals surface area (Å²) in [6, 6.07) is 0. The third-order valence-corrected chi connectivity index (χ3v) is 3.44. The van der Waals surface area contributed by atoms with E-state index in [4.69, 9.17) is 4.74 Å². The van der Waals surface area contributed by atoms with E-state index in [0.717, 1.165) is 37.9 Å². The average molecular weight is 229 g/mol. The van der Waals surface area contributed by atoms with E-state index in [2.05, 4.69) is 20.8 Å². The average Bonchev–Trinajstić information content (AvgIpc) is 2.87. The lowest BCUT2D eigenvalue weighted by atomic mass is 10.4. The van der Waals surface area contributed by atoms with E-state index in [1.807, 2.05) is 11.7 Å². The highest BCUT2D eigenvalue weighted by atomic mass is 32.2. The smallest absolute Gasteiger partial charge is 0.209 e. The van der Waals surface area contributed by atoms with Crippen LogP contribution in [0, 0.1) is 0 Å². The van der Waals surface area contributed by atoms with Crippen molar-refractivity contribution >= 4 is 11.8 Å². The fourth-order valence-electron chi connectivity index (χ4n) is 1.39. The van der Waals surface area contributed by atoms with Crippen LogP contribution in [0.5, 0.6) is 0 Å². The van der Waals surface area contributed by atoms with E-state index in [0.29, 0.717) is 5.25 Å². The minimum atomic E-state index is 0.504. The fourth-order valence-corrected chi connectivity index (χ4v) is 2.40. The van der Waals surface area contributed by atoms with E-state index in [1.165, 1.54) is 0 Å². The summed E-state index contributed by atoms with van der Waals surface area (Å²) in [6.07, 6.45) is 1.09. The summed E-state index contributed by atoms with van der Waals surface area (Å²) in [7, 11) is 1.92. The summed E-state index contributed by atoms with van der Waals surface area (Å²) in [5.41, 5.74) is 0. The van der Waals surface area contributed by atoms with Crippen molar-refractivity contribution in [1.82, 2.24) is 25.5 Å². The van der Waals surface area contributed by atoms with Crippen molar-refractivity contribution in [3.63, 3.8) is 0 Å². The largest absolute Gasteiger partial charge is 0.380 e. The van der Waals surface area contributed by atoms with Crippen LogP contribution >= 0.6 is 11.8 Å². The highest BCUT2D eigenvalue weighted by Crippen LogP contribution is 2.26. The summed E-state index contributed by atoms with van der Waals surface area (Å²) >= 11 is 1.71. The number of likely N-dealkylation sites (N-methyl/N-ethyl adjacent to an activating group) is 1. The summed E-state index contributed by atoms with van der Waals surface area (Å²) < 4.78 is 7.15. The van der Waals surface area contributed by atoms with Gasteiger partial charge in [-0.2, -0.15) is 0 Å². The molecule has 0 amide bonds. The molecule has 1 saturated heterocycles. The highest BCUT2D eigenvalue weighted by Gasteiger charge is 2.19. The van der Waals surface area contributed by atoms with Crippen LogP contribution in [0.15, 0.2) is 5.16 Å². The molecule has 1 aliphatic rings. The molecule has 6 nitrogen and oxygen atoms in total. The molecular weight excluding hydrogens is 214 g/mol. The number of aromatic nitrogens is 4. The molecule has 0 bridgehead atoms. The van der Waals surface area contributed by atoms with Crippen LogP contribution < -0.4 is 5.32 Å². The lowest BCUT2D eigenvalue weighted by molar-refractivity contribution is 0.199. The Morgan fingerprint density at radius 1 is 1.67 bits per heavy atom. The van der Waals surface area contributed by atoms with Crippen LogP contribution in [0.3, 0.4) is 0 Å². The zero-order valence-electron chi connectivity index (χ0n) is 8.72. The second kappa shape index (κ2) is 5.43. The van der Waals surface area contributed by atoms with E-state index in [1.54, 1.807) is 11.8 Å². The van der Waals surface area contributed by atoms with Gasteiger partial charge in [0.25, 0.3) is 0 Å². The number of ether oxygens (including phenoxy) is 1. The van der Waals surface area contributed by atoms with Gasteiger partial charge < -0.3 is 10.1 Å². The topological polar surface area (TPSA) is 64.9 Å². The van der Waals surface area contributed by atoms with Gasteiger partial charge in [-0.25, -0.2) is 4.68 Å². The van der Waals surface area contributed by atoms with Gasteiger partial charge in [0.15, 0.2) is 0 Å². The second-order valence-electron chi connectivity index (χ2n) is 3.39. The second-order valence-corrected chi connectivity index (χ2v) is 4.66. The zero-order valence-corrected chi connectivity index (χ0v) is 9.53. The van der Waals surface area contributed by atoms with E-state index < -0.39 is 0 Å². The van der Waals surface area contributed by atoms with Crippen LogP contribution in [-0.2, 0) is 11.3 Å². The molecule has 1 aromatic rings. The molecule has 15 heavy (non-hydrogen) atoms. The van der Waals surface area contributed by atoms with E-state index in [9.17, 15) is 0 Å². The first-order chi connectivity index (χ1) is 7.40. The van der Waals surface area contributed by atoms with Crippen molar-refractivity contribution in [3.8, 4) is 0 Å². The molecule has 0 aromatic carbocycles. The lowest BCUT2D eigenvalue weighted by Gasteiger charge is -2.06. The lowest BCUT2D eigenvalue weighted by Crippen LogP contribution is -2.17. The summed E-state index contributed by atoms with van der Waals surface area (Å²) in [5.74, 6) is 0. The van der Waals surface area contributed by atoms with Crippen LogP contribution in [0.2, 0.25) is 0 Å². The molecule has 1 aliphatic heterocycles. The van der Waals surface area contributed by atoms with E-state index in [-0.39, 0.29) is 0 Å². The van der Waals surface area contributed by atoms with Gasteiger partial charge in [0.1, 0.15) is 0 Å². The third kappa shape index (κ3) is 2.90. The normalized spacial score (nSPS) is 21.0. The maximum Gasteiger partial charge on any atom is 0.209 e. The highest BCUT2D eigenvalue weighted by molar-refractivity contribution is 7.99. The SMILES string of the molecule is CNCCn1nnnc1SC1CCOC1. The van der Waals surface area contributed by atoms with E-state index >= 15 is 0 Å². The Labute approximate surface area is 92.8 Å². The van der Waals surface area contributed by atoms with Crippen molar-refractivity contribution < 1.29 is 4.74 Å². The number of hydrogen-bond acceptors (Lipinski definition) is 6. The Morgan fingerprint density at radius 3 is 3.33 bits per heavy atom. The third-order valence-electron chi connectivity index (χ3n) is 2.23. The number of thioether (sulfide) groups is 1. The number of nitrogens with zero attached hydrogens (tertiary/aromatic N) is 4. The van der Waals surface area contributed by atoms with Crippen molar-refractivity contribution in [2.75, 3.05) is 26.8 Å². The van der Waals surface area contributed by atoms with Gasteiger partial charge >= 0.3 is 0 Å². The first kappa shape index (κ1) is 10.8. The molecular formula is C8H15N5OS. The Balaban J connectivity index is 1.91. The number of rotatable bonds is 5. The predicted octanol–water partition coefficient (Wildman–Crippen LogP) is -0.227. The molecule has 1 N–H and O–H groups in total. The van der Waals surface area contributed by atoms with Crippen LogP contribution in [0.1, 0.15) is 6.42 Å². The molecule has 2 rings (SSSR count). The maximum absolute atomic E-state index is 5.32. The molecule has 1 atom stereocenters. The summed E-state index contributed by atoms with van der Waals surface area (Å²) in [4.78, 5) is 0. The quantitative estimate of drug-likeness (QED) is 0.752.